The molecule has 6 atom stereocenters. The van der Waals surface area contributed by atoms with Crippen LogP contribution in [-0.4, -0.2) is 183 Å². The number of methoxy groups -OCH3 is 2. The lowest BCUT2D eigenvalue weighted by molar-refractivity contribution is -0.143. The Bertz CT molecular complexity index is 3190. The quantitative estimate of drug-likeness (QED) is 0.0567. The number of aromatic nitrogens is 2. The summed E-state index contributed by atoms with van der Waals surface area (Å²) < 4.78 is 37.4. The van der Waals surface area contributed by atoms with Crippen LogP contribution < -0.4 is 10.6 Å². The largest absolute Gasteiger partial charge is 0.481 e. The highest BCUT2D eigenvalue weighted by molar-refractivity contribution is 9.09. The van der Waals surface area contributed by atoms with Crippen molar-refractivity contribution in [2.75, 3.05) is 78.5 Å². The van der Waals surface area contributed by atoms with Gasteiger partial charge in [0, 0.05) is 120 Å². The van der Waals surface area contributed by atoms with Crippen molar-refractivity contribution < 1.29 is 57.2 Å². The Balaban J connectivity index is 0.000000223. The van der Waals surface area contributed by atoms with Gasteiger partial charge in [-0.3, -0.25) is 24.5 Å². The molecule has 0 saturated carbocycles. The number of carbonyl (C=O) groups is 6. The zero-order valence-corrected chi connectivity index (χ0v) is 50.5. The number of carboxylic acid groups (broad SMARTS) is 2. The summed E-state index contributed by atoms with van der Waals surface area (Å²) in [5, 5.41) is 30.5. The van der Waals surface area contributed by atoms with E-state index in [2.05, 4.69) is 46.4 Å². The molecule has 4 saturated heterocycles. The van der Waals surface area contributed by atoms with Gasteiger partial charge in [-0.25, -0.2) is 37.9 Å². The number of rotatable bonds is 17. The van der Waals surface area contributed by atoms with Gasteiger partial charge in [0.05, 0.1) is 49.3 Å². The van der Waals surface area contributed by atoms with Gasteiger partial charge in [0.25, 0.3) is 0 Å². The van der Waals surface area contributed by atoms with E-state index in [-0.39, 0.29) is 55.1 Å². The molecule has 4 aromatic rings. The van der Waals surface area contributed by atoms with Crippen molar-refractivity contribution >= 4 is 109 Å². The van der Waals surface area contributed by atoms with E-state index < -0.39 is 59.4 Å². The van der Waals surface area contributed by atoms with Gasteiger partial charge in [0.15, 0.2) is 21.7 Å². The van der Waals surface area contributed by atoms with E-state index in [1.165, 1.54) is 79.7 Å². The summed E-state index contributed by atoms with van der Waals surface area (Å²) >= 11 is 18.8. The highest BCUT2D eigenvalue weighted by Gasteiger charge is 2.44. The summed E-state index contributed by atoms with van der Waals surface area (Å²) in [6.45, 7) is 8.00. The number of halogens is 5. The topological polar surface area (TPSA) is 252 Å². The standard InChI is InChI=1S/C27H30ClFN6O5S.C16H12BrClFN3O2S.C12H20N2O3.2CH4/c1-3-15(25(36)37)11-34-13-17-12-33(7-8-35(17)27(34)39)14-20-21(26(38)40-2)22(18-5-4-16(29)10-19(18)28)32-23(31-20)24-30-6-9-41-24;1-24-16(23)12-11(7-17)21-14(15-20-4-5-25-15)22-13(12)9-3-2-8(19)6-10(9)18;1-2-9(11(15)16)7-13-8-10-5-3-4-6-14(10)12(13)17;;/h4-6,9-10,15,17,22H,3,7-8,11-14H2,1-2H3,(H,31,32)(H,36,37);2-6,13H,7H2,1H3,(H,21,22);9-10H,2-8H2,1H3,(H,15,16);2*1H4/t15?,17-,22-;13-;9?,10-;;/m000../s1. The summed E-state index contributed by atoms with van der Waals surface area (Å²) in [4.78, 5) is 100. The Morgan fingerprint density at radius 1 is 0.706 bits per heavy atom. The number of alkyl halides is 1. The molecule has 2 aromatic heterocycles. The second-order valence-corrected chi connectivity index (χ2v) is 23.3. The van der Waals surface area contributed by atoms with E-state index in [0.717, 1.165) is 19.4 Å². The summed E-state index contributed by atoms with van der Waals surface area (Å²) in [7, 11) is 2.58. The van der Waals surface area contributed by atoms with Gasteiger partial charge in [-0.05, 0) is 56.4 Å². The first-order valence-corrected chi connectivity index (χ1v) is 30.4. The molecule has 85 heavy (non-hydrogen) atoms. The number of esters is 2. The number of hydrogen-bond acceptors (Lipinski definition) is 17. The monoisotopic (exact) mass is 1320 g/mol. The summed E-state index contributed by atoms with van der Waals surface area (Å²) in [5.74, 6) is -3.89. The third-order valence-corrected chi connectivity index (χ3v) is 17.8. The van der Waals surface area contributed by atoms with E-state index >= 15 is 0 Å². The van der Waals surface area contributed by atoms with Crippen LogP contribution in [0.5, 0.6) is 0 Å². The average Bonchev–Trinajstić information content (AvgIpc) is 3.39. The number of fused-ring (bicyclic) bond motifs is 2. The highest BCUT2D eigenvalue weighted by Crippen LogP contribution is 2.39. The van der Waals surface area contributed by atoms with E-state index in [1.807, 2.05) is 22.6 Å². The van der Waals surface area contributed by atoms with E-state index in [0.29, 0.717) is 120 Å². The number of benzene rings is 2. The first kappa shape index (κ1) is 67.5. The van der Waals surface area contributed by atoms with Crippen molar-refractivity contribution in [1.82, 2.24) is 45.1 Å². The number of piperazine rings is 1. The number of hydrogen-bond donors (Lipinski definition) is 4. The van der Waals surface area contributed by atoms with E-state index in [1.54, 1.807) is 34.0 Å². The summed E-state index contributed by atoms with van der Waals surface area (Å²) in [6, 6.07) is 6.45. The molecule has 2 aromatic carbocycles. The van der Waals surface area contributed by atoms with Crippen LogP contribution in [-0.2, 0) is 28.7 Å². The minimum atomic E-state index is -0.911. The van der Waals surface area contributed by atoms with Crippen molar-refractivity contribution in [2.24, 2.45) is 21.8 Å². The van der Waals surface area contributed by atoms with Crippen LogP contribution in [0.1, 0.15) is 94.0 Å². The molecule has 28 heteroatoms. The van der Waals surface area contributed by atoms with Gasteiger partial charge < -0.3 is 49.9 Å². The van der Waals surface area contributed by atoms with Gasteiger partial charge in [-0.1, -0.05) is 80.0 Å². The first-order chi connectivity index (χ1) is 39.9. The molecular formula is C57H70BrCl2F2N11O10S2. The molecule has 21 nitrogen and oxygen atoms in total. The maximum absolute atomic E-state index is 13.9. The lowest BCUT2D eigenvalue weighted by atomic mass is 9.95. The number of amidine groups is 2. The molecule has 460 valence electrons. The van der Waals surface area contributed by atoms with Crippen molar-refractivity contribution in [1.29, 1.82) is 0 Å². The molecule has 4 N–H and O–H groups in total. The zero-order chi connectivity index (χ0) is 59.6. The predicted molar refractivity (Wildman–Crippen MR) is 325 cm³/mol. The van der Waals surface area contributed by atoms with Gasteiger partial charge in [0.1, 0.15) is 23.7 Å². The Morgan fingerprint density at radius 3 is 1.60 bits per heavy atom. The zero-order valence-electron chi connectivity index (χ0n) is 45.7. The van der Waals surface area contributed by atoms with Crippen LogP contribution in [0.2, 0.25) is 10.0 Å². The van der Waals surface area contributed by atoms with Gasteiger partial charge in [-0.2, -0.15) is 0 Å². The number of aliphatic carboxylic acids is 2. The Kier molecular flexibility index (Phi) is 24.4. The van der Waals surface area contributed by atoms with Crippen LogP contribution in [0.15, 0.2) is 92.1 Å². The van der Waals surface area contributed by atoms with Crippen LogP contribution in [0.25, 0.3) is 0 Å². The Morgan fingerprint density at radius 2 is 1.18 bits per heavy atom. The van der Waals surface area contributed by atoms with Crippen LogP contribution >= 0.6 is 61.8 Å². The molecule has 4 amide bonds. The number of piperidine rings is 1. The first-order valence-electron chi connectivity index (χ1n) is 26.7. The van der Waals surface area contributed by atoms with Crippen molar-refractivity contribution in [3.8, 4) is 0 Å². The third-order valence-electron chi connectivity index (χ3n) is 15.0. The molecule has 6 aliphatic rings. The second kappa shape index (κ2) is 30.7. The molecule has 0 aliphatic carbocycles. The van der Waals surface area contributed by atoms with Crippen molar-refractivity contribution in [3.05, 3.63) is 125 Å². The number of nitrogens with zero attached hydrogens (tertiary/aromatic N) is 9. The Hall–Kier alpha value is -6.58. The number of nitrogens with one attached hydrogen (secondary N) is 2. The smallest absolute Gasteiger partial charge is 0.338 e. The lowest BCUT2D eigenvalue weighted by Crippen LogP contribution is -2.53. The number of aliphatic imine (C=N–C) groups is 2. The molecule has 8 heterocycles. The van der Waals surface area contributed by atoms with Gasteiger partial charge in [0.2, 0.25) is 0 Å². The van der Waals surface area contributed by atoms with E-state index in [4.69, 9.17) is 42.8 Å². The normalized spacial score (nSPS) is 20.8. The van der Waals surface area contributed by atoms with Gasteiger partial charge in [-0.15, -0.1) is 22.7 Å². The lowest BCUT2D eigenvalue weighted by Gasteiger charge is -2.38. The maximum Gasteiger partial charge on any atom is 0.338 e. The molecule has 6 aliphatic heterocycles. The Labute approximate surface area is 518 Å². The number of ether oxygens (including phenoxy) is 2. The number of amides is 4. The second-order valence-electron chi connectivity index (χ2n) is 20.1. The highest BCUT2D eigenvalue weighted by atomic mass is 79.9. The molecule has 2 unspecified atom stereocenters. The average molecular weight is 1320 g/mol. The molecular weight excluding hydrogens is 1250 g/mol. The fraction of sp³-hybridized carbons (Fsp3) is 0.474. The maximum atomic E-state index is 13.9. The number of allylic oxidation sites excluding steroid dienone is 1. The number of urea groups is 2. The molecule has 10 rings (SSSR count). The minimum absolute atomic E-state index is 0. The predicted octanol–water partition coefficient (Wildman–Crippen LogP) is 9.49. The van der Waals surface area contributed by atoms with Crippen LogP contribution in [0.3, 0.4) is 0 Å². The van der Waals surface area contributed by atoms with E-state index in [9.17, 15) is 42.7 Å². The van der Waals surface area contributed by atoms with Crippen molar-refractivity contribution in [3.63, 3.8) is 0 Å². The van der Waals surface area contributed by atoms with Crippen LogP contribution in [0.4, 0.5) is 18.4 Å². The molecule has 0 bridgehead atoms. The summed E-state index contributed by atoms with van der Waals surface area (Å²) in [6.07, 6.45) is 7.64. The molecule has 4 fully saturated rings. The van der Waals surface area contributed by atoms with Crippen molar-refractivity contribution in [2.45, 2.75) is 85.0 Å². The number of carbonyl (C=O) groups excluding carboxylic acids is 4. The fourth-order valence-electron chi connectivity index (χ4n) is 10.7. The molecule has 0 spiro atoms. The minimum Gasteiger partial charge on any atom is -0.481 e. The molecule has 0 radical (unpaired) electrons. The SMILES string of the molecule is C.C.CCC(CN1C[C@@H]2CCCCN2C1=O)C(=O)O.CCC(CN1C[C@@H]2CN(CC3=C(C(=O)OC)[C@H](c4ccc(F)cc4Cl)N=C(c4nccs4)N3)CCN2C1=O)C(=O)O.COC(=O)C1=C(CBr)NC(c2nccs2)=N[C@H]1c1ccc(F)cc1Cl. The number of thiazole rings is 2. The fourth-order valence-corrected chi connectivity index (χ4v) is 12.8. The van der Waals surface area contributed by atoms with Crippen LogP contribution in [0, 0.1) is 23.5 Å². The third kappa shape index (κ3) is 15.7. The summed E-state index contributed by atoms with van der Waals surface area (Å²) in [5.41, 5.74) is 2.67. The number of carboxylic acids is 2. The van der Waals surface area contributed by atoms with Gasteiger partial charge >= 0.3 is 35.9 Å².